The maximum Gasteiger partial charge on any atom is 0.306 e. The monoisotopic (exact) mass is 393 g/mol. The zero-order chi connectivity index (χ0) is 19.4. The SMILES string of the molecule is COCCC(CC1(C(=O)N[C@H]2C[C@@H]2c2ccc(Cl)cc2)CCCC1)C(=O)O. The van der Waals surface area contributed by atoms with Gasteiger partial charge >= 0.3 is 5.97 Å². The zero-order valence-electron chi connectivity index (χ0n) is 15.7. The highest BCUT2D eigenvalue weighted by Gasteiger charge is 2.47. The van der Waals surface area contributed by atoms with E-state index in [4.69, 9.17) is 16.3 Å². The summed E-state index contributed by atoms with van der Waals surface area (Å²) < 4.78 is 5.05. The van der Waals surface area contributed by atoms with E-state index in [9.17, 15) is 14.7 Å². The van der Waals surface area contributed by atoms with Gasteiger partial charge in [-0.25, -0.2) is 0 Å². The molecule has 2 aliphatic carbocycles. The Balaban J connectivity index is 1.63. The number of nitrogens with one attached hydrogen (secondary N) is 1. The first-order valence-corrected chi connectivity index (χ1v) is 10.1. The second-order valence-corrected chi connectivity index (χ2v) is 8.42. The number of methoxy groups -OCH3 is 1. The average Bonchev–Trinajstić information content (AvgIpc) is 3.24. The first-order chi connectivity index (χ1) is 12.9. The van der Waals surface area contributed by atoms with E-state index in [0.717, 1.165) is 32.1 Å². The van der Waals surface area contributed by atoms with Crippen LogP contribution in [-0.2, 0) is 14.3 Å². The maximum absolute atomic E-state index is 13.1. The number of aliphatic carboxylic acids is 1. The predicted octanol–water partition coefficient (Wildman–Crippen LogP) is 4.00. The van der Waals surface area contributed by atoms with Gasteiger partial charge in [-0.15, -0.1) is 0 Å². The quantitative estimate of drug-likeness (QED) is 0.664. The van der Waals surface area contributed by atoms with Crippen LogP contribution in [0.1, 0.15) is 56.4 Å². The Morgan fingerprint density at radius 1 is 1.30 bits per heavy atom. The molecule has 27 heavy (non-hydrogen) atoms. The van der Waals surface area contributed by atoms with Gasteiger partial charge in [-0.3, -0.25) is 9.59 Å². The smallest absolute Gasteiger partial charge is 0.306 e. The molecule has 0 heterocycles. The molecule has 1 amide bonds. The summed E-state index contributed by atoms with van der Waals surface area (Å²) in [6.07, 6.45) is 5.27. The van der Waals surface area contributed by atoms with Crippen molar-refractivity contribution in [2.75, 3.05) is 13.7 Å². The van der Waals surface area contributed by atoms with E-state index in [2.05, 4.69) is 5.32 Å². The van der Waals surface area contributed by atoms with E-state index in [1.165, 1.54) is 5.56 Å². The number of hydrogen-bond donors (Lipinski definition) is 2. The molecule has 2 aliphatic rings. The van der Waals surface area contributed by atoms with Gasteiger partial charge in [-0.1, -0.05) is 36.6 Å². The van der Waals surface area contributed by atoms with Crippen molar-refractivity contribution in [3.05, 3.63) is 34.9 Å². The molecular weight excluding hydrogens is 366 g/mol. The van der Waals surface area contributed by atoms with Crippen LogP contribution in [0.25, 0.3) is 0 Å². The minimum atomic E-state index is -0.836. The van der Waals surface area contributed by atoms with Crippen molar-refractivity contribution in [1.82, 2.24) is 5.32 Å². The van der Waals surface area contributed by atoms with Gasteiger partial charge < -0.3 is 15.2 Å². The maximum atomic E-state index is 13.1. The predicted molar refractivity (Wildman–Crippen MR) is 104 cm³/mol. The van der Waals surface area contributed by atoms with E-state index < -0.39 is 17.3 Å². The van der Waals surface area contributed by atoms with Crippen molar-refractivity contribution in [2.45, 2.75) is 56.9 Å². The Morgan fingerprint density at radius 3 is 2.56 bits per heavy atom. The van der Waals surface area contributed by atoms with Crippen LogP contribution >= 0.6 is 11.6 Å². The first-order valence-electron chi connectivity index (χ1n) is 9.73. The lowest BCUT2D eigenvalue weighted by Gasteiger charge is -2.30. The van der Waals surface area contributed by atoms with Gasteiger partial charge in [-0.05, 0) is 49.8 Å². The molecule has 0 saturated heterocycles. The van der Waals surface area contributed by atoms with Gasteiger partial charge in [0.05, 0.1) is 11.3 Å². The molecule has 1 aromatic rings. The van der Waals surface area contributed by atoms with Crippen molar-refractivity contribution >= 4 is 23.5 Å². The first kappa shape index (κ1) is 20.2. The zero-order valence-corrected chi connectivity index (χ0v) is 16.5. The molecule has 2 N–H and O–H groups in total. The summed E-state index contributed by atoms with van der Waals surface area (Å²) in [6.45, 7) is 0.399. The number of carbonyl (C=O) groups excluding carboxylic acids is 1. The molecule has 148 valence electrons. The fourth-order valence-electron chi connectivity index (χ4n) is 4.37. The molecule has 0 aliphatic heterocycles. The Labute approximate surface area is 165 Å². The number of hydrogen-bond acceptors (Lipinski definition) is 3. The Bertz CT molecular complexity index is 669. The molecule has 5 nitrogen and oxygen atoms in total. The second kappa shape index (κ2) is 8.61. The van der Waals surface area contributed by atoms with Crippen LogP contribution in [-0.4, -0.2) is 36.7 Å². The Morgan fingerprint density at radius 2 is 1.96 bits per heavy atom. The van der Waals surface area contributed by atoms with Crippen molar-refractivity contribution in [1.29, 1.82) is 0 Å². The standard InChI is InChI=1S/C21H28ClNO4/c1-27-11-8-15(19(24)25)13-21(9-2-3-10-21)20(26)23-18-12-17(18)14-4-6-16(22)7-5-14/h4-7,15,17-18H,2-3,8-13H2,1H3,(H,23,26)(H,24,25)/t15?,17-,18+/m1/s1. The minimum absolute atomic E-state index is 0.0325. The Kier molecular flexibility index (Phi) is 6.43. The van der Waals surface area contributed by atoms with Gasteiger partial charge in [0.25, 0.3) is 0 Å². The molecule has 2 saturated carbocycles. The van der Waals surface area contributed by atoms with Crippen LogP contribution in [0.5, 0.6) is 0 Å². The number of halogens is 1. The number of carbonyl (C=O) groups is 2. The molecule has 0 radical (unpaired) electrons. The van der Waals surface area contributed by atoms with E-state index >= 15 is 0 Å². The van der Waals surface area contributed by atoms with Crippen molar-refractivity contribution < 1.29 is 19.4 Å². The molecule has 3 rings (SSSR count). The number of ether oxygens (including phenoxy) is 1. The Hall–Kier alpha value is -1.59. The van der Waals surface area contributed by atoms with Crippen molar-refractivity contribution in [2.24, 2.45) is 11.3 Å². The minimum Gasteiger partial charge on any atom is -0.481 e. The lowest BCUT2D eigenvalue weighted by atomic mass is 9.76. The number of benzene rings is 1. The molecule has 3 atom stereocenters. The summed E-state index contributed by atoms with van der Waals surface area (Å²) in [5.41, 5.74) is 0.637. The molecule has 1 unspecified atom stereocenters. The van der Waals surface area contributed by atoms with Crippen LogP contribution in [0.4, 0.5) is 0 Å². The van der Waals surface area contributed by atoms with Gasteiger partial charge in [-0.2, -0.15) is 0 Å². The van der Waals surface area contributed by atoms with E-state index in [1.54, 1.807) is 7.11 Å². The molecule has 6 heteroatoms. The van der Waals surface area contributed by atoms with Gasteiger partial charge in [0.15, 0.2) is 0 Å². The summed E-state index contributed by atoms with van der Waals surface area (Å²) in [6, 6.07) is 7.91. The van der Waals surface area contributed by atoms with Crippen molar-refractivity contribution in [3.63, 3.8) is 0 Å². The lowest BCUT2D eigenvalue weighted by Crippen LogP contribution is -2.43. The van der Waals surface area contributed by atoms with Crippen LogP contribution in [0, 0.1) is 11.3 Å². The summed E-state index contributed by atoms with van der Waals surface area (Å²) >= 11 is 5.95. The highest BCUT2D eigenvalue weighted by Crippen LogP contribution is 2.46. The second-order valence-electron chi connectivity index (χ2n) is 7.98. The number of rotatable bonds is 9. The number of carboxylic acid groups (broad SMARTS) is 1. The van der Waals surface area contributed by atoms with E-state index in [1.807, 2.05) is 24.3 Å². The van der Waals surface area contributed by atoms with Crippen LogP contribution < -0.4 is 5.32 Å². The van der Waals surface area contributed by atoms with Crippen LogP contribution in [0.2, 0.25) is 5.02 Å². The third kappa shape index (κ3) is 4.82. The lowest BCUT2D eigenvalue weighted by molar-refractivity contribution is -0.145. The highest BCUT2D eigenvalue weighted by atomic mass is 35.5. The van der Waals surface area contributed by atoms with E-state index in [-0.39, 0.29) is 11.9 Å². The molecule has 0 aromatic heterocycles. The molecule has 1 aromatic carbocycles. The fraction of sp³-hybridized carbons (Fsp3) is 0.619. The summed E-state index contributed by atoms with van der Waals surface area (Å²) in [5.74, 6) is -1.02. The molecular formula is C21H28ClNO4. The van der Waals surface area contributed by atoms with Crippen LogP contribution in [0.15, 0.2) is 24.3 Å². The highest BCUT2D eigenvalue weighted by molar-refractivity contribution is 6.30. The largest absolute Gasteiger partial charge is 0.481 e. The van der Waals surface area contributed by atoms with Crippen molar-refractivity contribution in [3.8, 4) is 0 Å². The van der Waals surface area contributed by atoms with E-state index in [0.29, 0.717) is 30.4 Å². The fourth-order valence-corrected chi connectivity index (χ4v) is 4.50. The van der Waals surface area contributed by atoms with Gasteiger partial charge in [0.1, 0.15) is 0 Å². The summed E-state index contributed by atoms with van der Waals surface area (Å²) in [7, 11) is 1.57. The molecule has 0 bridgehead atoms. The summed E-state index contributed by atoms with van der Waals surface area (Å²) in [5, 5.41) is 13.5. The van der Waals surface area contributed by atoms with Gasteiger partial charge in [0, 0.05) is 30.7 Å². The van der Waals surface area contributed by atoms with Gasteiger partial charge in [0.2, 0.25) is 5.91 Å². The normalized spacial score (nSPS) is 24.4. The van der Waals surface area contributed by atoms with Crippen LogP contribution in [0.3, 0.4) is 0 Å². The topological polar surface area (TPSA) is 75.6 Å². The molecule has 2 fully saturated rings. The third-order valence-electron chi connectivity index (χ3n) is 6.10. The summed E-state index contributed by atoms with van der Waals surface area (Å²) in [4.78, 5) is 24.8. The molecule has 0 spiro atoms. The number of carboxylic acids is 1. The third-order valence-corrected chi connectivity index (χ3v) is 6.36. The number of amides is 1. The average molecular weight is 394 g/mol.